The van der Waals surface area contributed by atoms with Gasteiger partial charge < -0.3 is 15.3 Å². The molecule has 2 atom stereocenters. The first-order valence-electron chi connectivity index (χ1n) is 12.3. The van der Waals surface area contributed by atoms with Gasteiger partial charge in [-0.1, -0.05) is 19.9 Å². The summed E-state index contributed by atoms with van der Waals surface area (Å²) in [5.41, 5.74) is 1.55. The average molecular weight is 564 g/mol. The number of rotatable bonds is 8. The summed E-state index contributed by atoms with van der Waals surface area (Å²) in [6.45, 7) is 3.89. The van der Waals surface area contributed by atoms with E-state index in [1.165, 1.54) is 25.3 Å². The molecule has 0 aliphatic carbocycles. The molecule has 4 rings (SSSR count). The van der Waals surface area contributed by atoms with E-state index in [1.807, 2.05) is 13.0 Å². The third-order valence-electron chi connectivity index (χ3n) is 6.73. The number of nitrogens with one attached hydrogen (secondary N) is 1. The largest absolute Gasteiger partial charge is 0.419 e. The Bertz CT molecular complexity index is 1430. The van der Waals surface area contributed by atoms with Crippen LogP contribution in [-0.4, -0.2) is 53.3 Å². The van der Waals surface area contributed by atoms with Crippen LogP contribution in [-0.2, 0) is 22.6 Å². The Morgan fingerprint density at radius 3 is 2.41 bits per heavy atom. The molecule has 3 aromatic rings. The third kappa shape index (κ3) is 6.19. The van der Waals surface area contributed by atoms with Gasteiger partial charge in [0.15, 0.2) is 9.84 Å². The highest BCUT2D eigenvalue weighted by molar-refractivity contribution is 7.91. The van der Waals surface area contributed by atoms with Crippen LogP contribution in [0.1, 0.15) is 65.0 Å². The molecule has 0 radical (unpaired) electrons. The maximum absolute atomic E-state index is 13.1. The average Bonchev–Trinajstić information content (AvgIpc) is 2.94. The zero-order valence-corrected chi connectivity index (χ0v) is 22.1. The minimum absolute atomic E-state index is 0.0542. The van der Waals surface area contributed by atoms with Crippen LogP contribution in [0.2, 0.25) is 0 Å². The van der Waals surface area contributed by atoms with Crippen LogP contribution in [0.25, 0.3) is 0 Å². The Hall–Kier alpha value is -3.58. The lowest BCUT2D eigenvalue weighted by Gasteiger charge is -2.34. The van der Waals surface area contributed by atoms with E-state index < -0.39 is 40.1 Å². The van der Waals surface area contributed by atoms with Crippen molar-refractivity contribution in [1.29, 1.82) is 0 Å². The number of carbonyl (C=O) groups excluding carboxylic acids is 1. The SMILES string of the molecule is CC[C@@H]1CN(c2ncc(C(F)(F)F)cn2)Cc2cc(C(=O)N[C@H](CO)c3ccc(S(=O)(=O)CC)cn3)ccc21. The van der Waals surface area contributed by atoms with E-state index in [4.69, 9.17) is 0 Å². The Kier molecular flexibility index (Phi) is 8.21. The first-order chi connectivity index (χ1) is 18.5. The lowest BCUT2D eigenvalue weighted by atomic mass is 9.87. The van der Waals surface area contributed by atoms with Gasteiger partial charge in [0, 0.05) is 43.2 Å². The lowest BCUT2D eigenvalue weighted by molar-refractivity contribution is -0.138. The quantitative estimate of drug-likeness (QED) is 0.426. The molecule has 9 nitrogen and oxygen atoms in total. The number of nitrogens with zero attached hydrogens (tertiary/aromatic N) is 4. The van der Waals surface area contributed by atoms with E-state index >= 15 is 0 Å². The summed E-state index contributed by atoms with van der Waals surface area (Å²) in [5, 5.41) is 12.6. The first-order valence-corrected chi connectivity index (χ1v) is 14.0. The Morgan fingerprint density at radius 2 is 1.85 bits per heavy atom. The van der Waals surface area contributed by atoms with Gasteiger partial charge in [0.25, 0.3) is 5.91 Å². The summed E-state index contributed by atoms with van der Waals surface area (Å²) in [5.74, 6) is -0.320. The molecule has 1 aliphatic rings. The zero-order chi connectivity index (χ0) is 28.4. The van der Waals surface area contributed by atoms with Gasteiger partial charge in [-0.05, 0) is 41.8 Å². The number of amides is 1. The van der Waals surface area contributed by atoms with Gasteiger partial charge in [0.05, 0.1) is 34.6 Å². The van der Waals surface area contributed by atoms with Gasteiger partial charge in [0.1, 0.15) is 0 Å². The molecule has 0 saturated heterocycles. The molecular weight excluding hydrogens is 535 g/mol. The predicted octanol–water partition coefficient (Wildman–Crippen LogP) is 3.66. The van der Waals surface area contributed by atoms with Crippen LogP contribution >= 0.6 is 0 Å². The highest BCUT2D eigenvalue weighted by Gasteiger charge is 2.32. The molecule has 208 valence electrons. The van der Waals surface area contributed by atoms with Crippen LogP contribution in [0.4, 0.5) is 19.1 Å². The van der Waals surface area contributed by atoms with E-state index in [0.717, 1.165) is 29.9 Å². The summed E-state index contributed by atoms with van der Waals surface area (Å²) in [4.78, 5) is 26.9. The van der Waals surface area contributed by atoms with Crippen molar-refractivity contribution >= 4 is 21.7 Å². The summed E-state index contributed by atoms with van der Waals surface area (Å²) < 4.78 is 62.8. The van der Waals surface area contributed by atoms with Crippen LogP contribution in [0, 0.1) is 0 Å². The summed E-state index contributed by atoms with van der Waals surface area (Å²) in [6.07, 6.45) is -1.05. The zero-order valence-electron chi connectivity index (χ0n) is 21.3. The van der Waals surface area contributed by atoms with Gasteiger partial charge in [-0.3, -0.25) is 9.78 Å². The monoisotopic (exact) mass is 563 g/mol. The second-order valence-electron chi connectivity index (χ2n) is 9.20. The Morgan fingerprint density at radius 1 is 1.13 bits per heavy atom. The number of sulfone groups is 1. The molecule has 2 N–H and O–H groups in total. The van der Waals surface area contributed by atoms with E-state index in [1.54, 1.807) is 17.0 Å². The van der Waals surface area contributed by atoms with Crippen molar-refractivity contribution in [3.05, 3.63) is 76.9 Å². The molecule has 2 aromatic heterocycles. The number of carbonyl (C=O) groups is 1. The Labute approximate surface area is 224 Å². The number of pyridine rings is 1. The van der Waals surface area contributed by atoms with Gasteiger partial charge in [-0.25, -0.2) is 18.4 Å². The van der Waals surface area contributed by atoms with Gasteiger partial charge in [0.2, 0.25) is 5.95 Å². The molecule has 1 aromatic carbocycles. The summed E-state index contributed by atoms with van der Waals surface area (Å²) in [7, 11) is -3.44. The van der Waals surface area contributed by atoms with Gasteiger partial charge in [-0.15, -0.1) is 0 Å². The van der Waals surface area contributed by atoms with Crippen molar-refractivity contribution in [3.8, 4) is 0 Å². The van der Waals surface area contributed by atoms with Crippen molar-refractivity contribution in [3.63, 3.8) is 0 Å². The summed E-state index contributed by atoms with van der Waals surface area (Å²) in [6, 6.07) is 7.22. The maximum atomic E-state index is 13.1. The van der Waals surface area contributed by atoms with Crippen molar-refractivity contribution in [1.82, 2.24) is 20.3 Å². The van der Waals surface area contributed by atoms with E-state index in [-0.39, 0.29) is 22.5 Å². The minimum Gasteiger partial charge on any atom is -0.394 e. The van der Waals surface area contributed by atoms with Crippen molar-refractivity contribution in [2.24, 2.45) is 0 Å². The fourth-order valence-electron chi connectivity index (χ4n) is 4.45. The number of hydrogen-bond donors (Lipinski definition) is 2. The number of aliphatic hydroxyl groups is 1. The van der Waals surface area contributed by atoms with E-state index in [0.29, 0.717) is 24.3 Å². The molecular formula is C26H28F3N5O4S. The number of halogens is 3. The predicted molar refractivity (Wildman–Crippen MR) is 137 cm³/mol. The molecule has 1 amide bonds. The van der Waals surface area contributed by atoms with Crippen molar-refractivity contribution < 1.29 is 31.5 Å². The normalized spacial score (nSPS) is 16.5. The van der Waals surface area contributed by atoms with Gasteiger partial charge in [-0.2, -0.15) is 13.2 Å². The molecule has 39 heavy (non-hydrogen) atoms. The smallest absolute Gasteiger partial charge is 0.394 e. The molecule has 0 saturated carbocycles. The van der Waals surface area contributed by atoms with Gasteiger partial charge >= 0.3 is 6.18 Å². The van der Waals surface area contributed by atoms with Crippen molar-refractivity contribution in [2.75, 3.05) is 23.8 Å². The number of anilines is 1. The lowest BCUT2D eigenvalue weighted by Crippen LogP contribution is -2.35. The number of aromatic nitrogens is 3. The second-order valence-corrected chi connectivity index (χ2v) is 11.5. The maximum Gasteiger partial charge on any atom is 0.419 e. The van der Waals surface area contributed by atoms with Crippen LogP contribution in [0.15, 0.2) is 53.8 Å². The first kappa shape index (κ1) is 28.4. The highest BCUT2D eigenvalue weighted by atomic mass is 32.2. The Balaban J connectivity index is 1.54. The number of benzene rings is 1. The number of aliphatic hydroxyl groups excluding tert-OH is 1. The summed E-state index contributed by atoms with van der Waals surface area (Å²) >= 11 is 0. The topological polar surface area (TPSA) is 125 Å². The minimum atomic E-state index is -4.53. The number of alkyl halides is 3. The van der Waals surface area contributed by atoms with Crippen LogP contribution in [0.3, 0.4) is 0 Å². The van der Waals surface area contributed by atoms with Crippen LogP contribution in [0.5, 0.6) is 0 Å². The fraction of sp³-hybridized carbons (Fsp3) is 0.385. The molecule has 0 bridgehead atoms. The molecule has 0 unspecified atom stereocenters. The third-order valence-corrected chi connectivity index (χ3v) is 8.45. The number of hydrogen-bond acceptors (Lipinski definition) is 8. The van der Waals surface area contributed by atoms with E-state index in [2.05, 4.69) is 20.3 Å². The second kappa shape index (κ2) is 11.3. The fourth-order valence-corrected chi connectivity index (χ4v) is 5.27. The van der Waals surface area contributed by atoms with E-state index in [9.17, 15) is 31.5 Å². The standard InChI is InChI=1S/C26H28F3N5O4S/c1-3-16-13-34(25-31-10-19(11-32-25)26(27,28)29)14-18-9-17(5-7-21(16)18)24(36)33-23(15-35)22-8-6-20(12-30-22)39(37,38)4-2/h5-12,16,23,35H,3-4,13-15H2,1-2H3,(H,33,36)/t16-,23-/m1/s1. The molecule has 3 heterocycles. The number of fused-ring (bicyclic) bond motifs is 1. The molecule has 0 fully saturated rings. The van der Waals surface area contributed by atoms with Crippen LogP contribution < -0.4 is 10.2 Å². The highest BCUT2D eigenvalue weighted by Crippen LogP contribution is 2.34. The molecule has 13 heteroatoms. The molecule has 0 spiro atoms. The molecule has 1 aliphatic heterocycles. The van der Waals surface area contributed by atoms with Crippen molar-refractivity contribution in [2.45, 2.75) is 49.8 Å².